The Morgan fingerprint density at radius 1 is 1.17 bits per heavy atom. The fraction of sp³-hybridized carbons (Fsp3) is 0.294. The fourth-order valence-electron chi connectivity index (χ4n) is 2.39. The van der Waals surface area contributed by atoms with Gasteiger partial charge in [-0.3, -0.25) is 9.59 Å². The van der Waals surface area contributed by atoms with Gasteiger partial charge in [0.05, 0.1) is 6.26 Å². The summed E-state index contributed by atoms with van der Waals surface area (Å²) in [6.45, 7) is 1.09. The lowest BCUT2D eigenvalue weighted by Gasteiger charge is -2.11. The van der Waals surface area contributed by atoms with Crippen LogP contribution in [0.2, 0.25) is 0 Å². The van der Waals surface area contributed by atoms with Crippen LogP contribution in [0.1, 0.15) is 29.0 Å². The molecule has 0 bridgehead atoms. The van der Waals surface area contributed by atoms with Crippen LogP contribution < -0.4 is 10.6 Å². The van der Waals surface area contributed by atoms with Crippen molar-refractivity contribution in [3.63, 3.8) is 0 Å². The average molecular weight is 314 g/mol. The van der Waals surface area contributed by atoms with E-state index in [9.17, 15) is 9.59 Å². The molecule has 2 aromatic rings. The number of nitrogens with one attached hydrogen (secondary N) is 2. The zero-order valence-electron chi connectivity index (χ0n) is 12.6. The predicted molar refractivity (Wildman–Crippen MR) is 83.9 cm³/mol. The first-order valence-electron chi connectivity index (χ1n) is 7.55. The smallest absolute Gasteiger partial charge is 0.291 e. The second kappa shape index (κ2) is 7.11. The van der Waals surface area contributed by atoms with Crippen LogP contribution in [-0.2, 0) is 16.1 Å². The molecule has 0 spiro atoms. The molecule has 0 radical (unpaired) electrons. The monoisotopic (exact) mass is 314 g/mol. The number of carbonyl (C=O) groups excluding carboxylic acids is 2. The Balaban J connectivity index is 1.50. The van der Waals surface area contributed by atoms with Gasteiger partial charge in [-0.1, -0.05) is 12.1 Å². The van der Waals surface area contributed by atoms with E-state index in [-0.39, 0.29) is 23.7 Å². The molecule has 0 unspecified atom stereocenters. The summed E-state index contributed by atoms with van der Waals surface area (Å²) in [5.74, 6) is -0.106. The van der Waals surface area contributed by atoms with Crippen molar-refractivity contribution in [3.8, 4) is 0 Å². The maximum Gasteiger partial charge on any atom is 0.291 e. The maximum atomic E-state index is 11.9. The molecule has 1 aromatic heterocycles. The minimum absolute atomic E-state index is 0.0716. The molecular weight excluding hydrogens is 296 g/mol. The summed E-state index contributed by atoms with van der Waals surface area (Å²) >= 11 is 0. The van der Waals surface area contributed by atoms with Crippen molar-refractivity contribution < 1.29 is 18.7 Å². The van der Waals surface area contributed by atoms with E-state index in [1.165, 1.54) is 6.26 Å². The van der Waals surface area contributed by atoms with E-state index in [1.807, 2.05) is 12.1 Å². The number of hydrogen-bond donors (Lipinski definition) is 2. The lowest BCUT2D eigenvalue weighted by atomic mass is 10.2. The molecule has 1 atom stereocenters. The summed E-state index contributed by atoms with van der Waals surface area (Å²) < 4.78 is 10.4. The van der Waals surface area contributed by atoms with Crippen LogP contribution in [0.5, 0.6) is 0 Å². The Kier molecular flexibility index (Phi) is 4.73. The molecule has 1 saturated heterocycles. The van der Waals surface area contributed by atoms with Gasteiger partial charge in [-0.05, 0) is 42.7 Å². The zero-order valence-corrected chi connectivity index (χ0v) is 12.6. The molecule has 1 aliphatic rings. The van der Waals surface area contributed by atoms with Crippen LogP contribution in [0.4, 0.5) is 5.69 Å². The Morgan fingerprint density at radius 3 is 2.65 bits per heavy atom. The number of ether oxygens (including phenoxy) is 1. The van der Waals surface area contributed by atoms with Crippen LogP contribution in [0, 0.1) is 0 Å². The first kappa shape index (κ1) is 15.3. The Labute approximate surface area is 133 Å². The molecular formula is C17H18N2O4. The highest BCUT2D eigenvalue weighted by Crippen LogP contribution is 2.14. The molecule has 0 aliphatic carbocycles. The largest absolute Gasteiger partial charge is 0.459 e. The van der Waals surface area contributed by atoms with Gasteiger partial charge < -0.3 is 19.8 Å². The van der Waals surface area contributed by atoms with E-state index >= 15 is 0 Å². The lowest BCUT2D eigenvalue weighted by molar-refractivity contribution is -0.130. The second-order valence-corrected chi connectivity index (χ2v) is 5.35. The highest BCUT2D eigenvalue weighted by atomic mass is 16.5. The number of hydrogen-bond acceptors (Lipinski definition) is 4. The Hall–Kier alpha value is -2.60. The van der Waals surface area contributed by atoms with Gasteiger partial charge in [0.15, 0.2) is 5.76 Å². The van der Waals surface area contributed by atoms with Crippen molar-refractivity contribution in [2.45, 2.75) is 25.5 Å². The maximum absolute atomic E-state index is 11.9. The second-order valence-electron chi connectivity index (χ2n) is 5.35. The Bertz CT molecular complexity index is 658. The first-order chi connectivity index (χ1) is 11.2. The summed E-state index contributed by atoms with van der Waals surface area (Å²) in [6.07, 6.45) is 2.85. The highest BCUT2D eigenvalue weighted by molar-refractivity contribution is 6.02. The molecule has 1 aliphatic heterocycles. The molecule has 3 rings (SSSR count). The van der Waals surface area contributed by atoms with Gasteiger partial charge in [0, 0.05) is 18.8 Å². The molecule has 6 heteroatoms. The topological polar surface area (TPSA) is 80.6 Å². The molecule has 2 heterocycles. The third kappa shape index (κ3) is 3.98. The minimum atomic E-state index is -0.318. The van der Waals surface area contributed by atoms with Crippen molar-refractivity contribution in [2.75, 3.05) is 11.9 Å². The van der Waals surface area contributed by atoms with E-state index in [2.05, 4.69) is 10.6 Å². The van der Waals surface area contributed by atoms with Crippen LogP contribution in [0.15, 0.2) is 47.1 Å². The van der Waals surface area contributed by atoms with E-state index in [0.717, 1.165) is 18.4 Å². The molecule has 0 saturated carbocycles. The number of carbonyl (C=O) groups is 2. The molecule has 6 nitrogen and oxygen atoms in total. The summed E-state index contributed by atoms with van der Waals surface area (Å²) in [4.78, 5) is 23.7. The minimum Gasteiger partial charge on any atom is -0.459 e. The predicted octanol–water partition coefficient (Wildman–Crippen LogP) is 2.33. The van der Waals surface area contributed by atoms with Gasteiger partial charge >= 0.3 is 0 Å². The third-order valence-corrected chi connectivity index (χ3v) is 3.65. The average Bonchev–Trinajstić information content (AvgIpc) is 3.27. The van der Waals surface area contributed by atoms with Crippen LogP contribution in [0.25, 0.3) is 0 Å². The summed E-state index contributed by atoms with van der Waals surface area (Å²) in [7, 11) is 0. The van der Waals surface area contributed by atoms with E-state index in [0.29, 0.717) is 18.8 Å². The SMILES string of the molecule is O=C(Nc1ccc(CNC(=O)[C@@H]2CCCO2)cc1)c1ccco1. The van der Waals surface area contributed by atoms with Crippen LogP contribution in [0.3, 0.4) is 0 Å². The van der Waals surface area contributed by atoms with Gasteiger partial charge in [-0.2, -0.15) is 0 Å². The molecule has 2 N–H and O–H groups in total. The number of rotatable bonds is 5. The standard InChI is InChI=1S/C17H18N2O4/c20-16(14-3-1-9-22-14)18-11-12-5-7-13(8-6-12)19-17(21)15-4-2-10-23-15/h2,4-8,10,14H,1,3,9,11H2,(H,18,20)(H,19,21)/t14-/m0/s1. The van der Waals surface area contributed by atoms with Crippen molar-refractivity contribution in [2.24, 2.45) is 0 Å². The number of anilines is 1. The van der Waals surface area contributed by atoms with Gasteiger partial charge in [-0.25, -0.2) is 0 Å². The molecule has 23 heavy (non-hydrogen) atoms. The fourth-order valence-corrected chi connectivity index (χ4v) is 2.39. The lowest BCUT2D eigenvalue weighted by Crippen LogP contribution is -2.33. The first-order valence-corrected chi connectivity index (χ1v) is 7.55. The zero-order chi connectivity index (χ0) is 16.1. The molecule has 1 aromatic carbocycles. The number of furan rings is 1. The quantitative estimate of drug-likeness (QED) is 0.887. The number of benzene rings is 1. The highest BCUT2D eigenvalue weighted by Gasteiger charge is 2.22. The molecule has 1 fully saturated rings. The van der Waals surface area contributed by atoms with Crippen LogP contribution >= 0.6 is 0 Å². The van der Waals surface area contributed by atoms with Crippen LogP contribution in [-0.4, -0.2) is 24.5 Å². The van der Waals surface area contributed by atoms with E-state index in [1.54, 1.807) is 24.3 Å². The third-order valence-electron chi connectivity index (χ3n) is 3.65. The van der Waals surface area contributed by atoms with Gasteiger partial charge in [-0.15, -0.1) is 0 Å². The van der Waals surface area contributed by atoms with E-state index < -0.39 is 0 Å². The van der Waals surface area contributed by atoms with Crippen molar-refractivity contribution in [3.05, 3.63) is 54.0 Å². The number of amides is 2. The van der Waals surface area contributed by atoms with Crippen molar-refractivity contribution >= 4 is 17.5 Å². The molecule has 120 valence electrons. The van der Waals surface area contributed by atoms with E-state index in [4.69, 9.17) is 9.15 Å². The summed E-state index contributed by atoms with van der Waals surface area (Å²) in [6, 6.07) is 10.5. The normalized spacial score (nSPS) is 17.0. The summed E-state index contributed by atoms with van der Waals surface area (Å²) in [5, 5.41) is 5.60. The van der Waals surface area contributed by atoms with Gasteiger partial charge in [0.2, 0.25) is 5.91 Å². The van der Waals surface area contributed by atoms with Crippen molar-refractivity contribution in [1.29, 1.82) is 0 Å². The van der Waals surface area contributed by atoms with Gasteiger partial charge in [0.1, 0.15) is 6.10 Å². The Morgan fingerprint density at radius 2 is 2.00 bits per heavy atom. The molecule has 2 amide bonds. The summed E-state index contributed by atoms with van der Waals surface area (Å²) in [5.41, 5.74) is 1.62. The van der Waals surface area contributed by atoms with Gasteiger partial charge in [0.25, 0.3) is 5.91 Å². The van der Waals surface area contributed by atoms with Crippen molar-refractivity contribution in [1.82, 2.24) is 5.32 Å².